The van der Waals surface area contributed by atoms with E-state index in [4.69, 9.17) is 9.47 Å². The van der Waals surface area contributed by atoms with Gasteiger partial charge in [0.1, 0.15) is 23.7 Å². The van der Waals surface area contributed by atoms with E-state index in [0.29, 0.717) is 0 Å². The van der Waals surface area contributed by atoms with Crippen LogP contribution in [0.15, 0.2) is 30.3 Å². The van der Waals surface area contributed by atoms with Crippen molar-refractivity contribution in [3.05, 3.63) is 35.9 Å². The molecule has 10 heteroatoms. The molecule has 0 bridgehead atoms. The highest BCUT2D eigenvalue weighted by Gasteiger charge is 2.33. The number of hydrogen-bond donors (Lipinski definition) is 4. The van der Waals surface area contributed by atoms with E-state index in [0.717, 1.165) is 5.56 Å². The van der Waals surface area contributed by atoms with Gasteiger partial charge in [0, 0.05) is 0 Å². The summed E-state index contributed by atoms with van der Waals surface area (Å²) in [6.45, 7) is 11.9. The summed E-state index contributed by atoms with van der Waals surface area (Å²) in [7, 11) is 0. The number of aliphatic carboxylic acids is 1. The zero-order valence-corrected chi connectivity index (χ0v) is 21.6. The van der Waals surface area contributed by atoms with E-state index >= 15 is 0 Å². The van der Waals surface area contributed by atoms with Gasteiger partial charge in [-0.2, -0.15) is 0 Å². The minimum absolute atomic E-state index is 0.170. The highest BCUT2D eigenvalue weighted by atomic mass is 16.6. The topological polar surface area (TPSA) is 143 Å². The fraction of sp³-hybridized carbons (Fsp3) is 0.600. The molecule has 0 aliphatic rings. The number of ether oxygens (including phenoxy) is 2. The third-order valence-corrected chi connectivity index (χ3v) is 4.88. The first-order valence-electron chi connectivity index (χ1n) is 11.7. The number of amides is 3. The van der Waals surface area contributed by atoms with Crippen molar-refractivity contribution in [3.63, 3.8) is 0 Å². The predicted molar refractivity (Wildman–Crippen MR) is 130 cm³/mol. The molecule has 0 unspecified atom stereocenters. The molecule has 0 aliphatic carbocycles. The van der Waals surface area contributed by atoms with Gasteiger partial charge >= 0.3 is 12.1 Å². The second-order valence-corrected chi connectivity index (χ2v) is 10.00. The zero-order chi connectivity index (χ0) is 26.8. The molecule has 196 valence electrons. The van der Waals surface area contributed by atoms with Crippen LogP contribution in [0.3, 0.4) is 0 Å². The number of benzene rings is 1. The first kappa shape index (κ1) is 29.9. The maximum atomic E-state index is 13.1. The van der Waals surface area contributed by atoms with Crippen LogP contribution in [0.4, 0.5) is 4.79 Å². The Balaban J connectivity index is 2.96. The predicted octanol–water partition coefficient (Wildman–Crippen LogP) is 2.46. The summed E-state index contributed by atoms with van der Waals surface area (Å²) in [5, 5.41) is 17.0. The lowest BCUT2D eigenvalue weighted by Gasteiger charge is -2.28. The number of carbonyl (C=O) groups excluding carboxylic acids is 3. The van der Waals surface area contributed by atoms with Gasteiger partial charge in [0.25, 0.3) is 0 Å². The number of carbonyl (C=O) groups is 4. The number of hydrogen-bond acceptors (Lipinski definition) is 6. The van der Waals surface area contributed by atoms with Gasteiger partial charge in [-0.25, -0.2) is 9.59 Å². The Morgan fingerprint density at radius 3 is 1.89 bits per heavy atom. The molecule has 3 atom stereocenters. The molecule has 4 N–H and O–H groups in total. The van der Waals surface area contributed by atoms with Gasteiger partial charge in [-0.15, -0.1) is 0 Å². The summed E-state index contributed by atoms with van der Waals surface area (Å²) in [4.78, 5) is 49.8. The van der Waals surface area contributed by atoms with Gasteiger partial charge in [-0.05, 0) is 38.2 Å². The van der Waals surface area contributed by atoms with E-state index in [9.17, 15) is 24.3 Å². The van der Waals surface area contributed by atoms with Crippen LogP contribution in [0, 0.1) is 11.8 Å². The third-order valence-electron chi connectivity index (χ3n) is 4.88. The van der Waals surface area contributed by atoms with E-state index in [1.54, 1.807) is 48.5 Å². The van der Waals surface area contributed by atoms with Crippen LogP contribution < -0.4 is 16.0 Å². The van der Waals surface area contributed by atoms with E-state index < -0.39 is 47.6 Å². The van der Waals surface area contributed by atoms with Crippen molar-refractivity contribution in [1.29, 1.82) is 0 Å². The van der Waals surface area contributed by atoms with Crippen molar-refractivity contribution < 1.29 is 33.8 Å². The minimum atomic E-state index is -1.17. The van der Waals surface area contributed by atoms with Crippen molar-refractivity contribution in [2.75, 3.05) is 6.61 Å². The first-order valence-corrected chi connectivity index (χ1v) is 11.7. The molecule has 10 nitrogen and oxygen atoms in total. The molecule has 0 heterocycles. The molecular weight excluding hydrogens is 454 g/mol. The van der Waals surface area contributed by atoms with Crippen LogP contribution in [0.1, 0.15) is 54.0 Å². The van der Waals surface area contributed by atoms with Gasteiger partial charge in [-0.1, -0.05) is 58.0 Å². The molecule has 0 radical (unpaired) electrons. The van der Waals surface area contributed by atoms with Crippen molar-refractivity contribution in [1.82, 2.24) is 16.0 Å². The van der Waals surface area contributed by atoms with Crippen molar-refractivity contribution in [3.8, 4) is 0 Å². The number of rotatable bonds is 12. The summed E-state index contributed by atoms with van der Waals surface area (Å²) >= 11 is 0. The molecule has 0 fully saturated rings. The van der Waals surface area contributed by atoms with Gasteiger partial charge in [-0.3, -0.25) is 9.59 Å². The van der Waals surface area contributed by atoms with E-state index in [2.05, 4.69) is 16.0 Å². The summed E-state index contributed by atoms with van der Waals surface area (Å²) in [6, 6.07) is 6.03. The van der Waals surface area contributed by atoms with Crippen LogP contribution in [-0.4, -0.2) is 59.3 Å². The Morgan fingerprint density at radius 2 is 1.40 bits per heavy atom. The maximum absolute atomic E-state index is 13.1. The van der Waals surface area contributed by atoms with Crippen LogP contribution in [0.5, 0.6) is 0 Å². The SMILES string of the molecule is CC(C)[C@H](NC(=O)[C@@H](NC(=O)[C@H](COCc1ccccc1)NC(=O)OC(C)(C)C)C(C)C)C(=O)O. The van der Waals surface area contributed by atoms with Crippen LogP contribution >= 0.6 is 0 Å². The lowest BCUT2D eigenvalue weighted by molar-refractivity contribution is -0.143. The Bertz CT molecular complexity index is 850. The molecule has 3 amide bonds. The molecule has 35 heavy (non-hydrogen) atoms. The largest absolute Gasteiger partial charge is 0.480 e. The van der Waals surface area contributed by atoms with Crippen LogP contribution in [0.2, 0.25) is 0 Å². The zero-order valence-electron chi connectivity index (χ0n) is 21.6. The fourth-order valence-electron chi connectivity index (χ4n) is 3.05. The average molecular weight is 494 g/mol. The molecule has 0 aromatic heterocycles. The minimum Gasteiger partial charge on any atom is -0.480 e. The van der Waals surface area contributed by atoms with Gasteiger partial charge in [0.05, 0.1) is 13.2 Å². The smallest absolute Gasteiger partial charge is 0.408 e. The lowest BCUT2D eigenvalue weighted by Crippen LogP contribution is -2.59. The van der Waals surface area contributed by atoms with Crippen molar-refractivity contribution >= 4 is 23.9 Å². The Labute approximate surface area is 207 Å². The number of carboxylic acid groups (broad SMARTS) is 1. The van der Waals surface area contributed by atoms with E-state index in [-0.39, 0.29) is 25.0 Å². The molecule has 0 saturated carbocycles. The first-order chi connectivity index (χ1) is 16.2. The van der Waals surface area contributed by atoms with Gasteiger partial charge < -0.3 is 30.5 Å². The lowest BCUT2D eigenvalue weighted by atomic mass is 10.00. The normalized spacial score (nSPS) is 14.1. The Hall–Kier alpha value is -3.14. The summed E-state index contributed by atoms with van der Waals surface area (Å²) in [5.41, 5.74) is 0.107. The van der Waals surface area contributed by atoms with Crippen LogP contribution in [-0.2, 0) is 30.5 Å². The number of carboxylic acids is 1. The molecule has 0 saturated heterocycles. The van der Waals surface area contributed by atoms with E-state index in [1.165, 1.54) is 0 Å². The number of alkyl carbamates (subject to hydrolysis) is 1. The molecular formula is C25H39N3O7. The van der Waals surface area contributed by atoms with Crippen molar-refractivity contribution in [2.24, 2.45) is 11.8 Å². The average Bonchev–Trinajstić information content (AvgIpc) is 2.73. The summed E-state index contributed by atoms with van der Waals surface area (Å²) in [5.74, 6) is -3.16. The molecule has 0 spiro atoms. The Morgan fingerprint density at radius 1 is 0.857 bits per heavy atom. The number of nitrogens with one attached hydrogen (secondary N) is 3. The quantitative estimate of drug-likeness (QED) is 0.350. The summed E-state index contributed by atoms with van der Waals surface area (Å²) < 4.78 is 10.9. The Kier molecular flexibility index (Phi) is 11.7. The molecule has 1 rings (SSSR count). The maximum Gasteiger partial charge on any atom is 0.408 e. The highest BCUT2D eigenvalue weighted by molar-refractivity contribution is 5.93. The van der Waals surface area contributed by atoms with Crippen LogP contribution in [0.25, 0.3) is 0 Å². The summed E-state index contributed by atoms with van der Waals surface area (Å²) in [6.07, 6.45) is -0.808. The standard InChI is InChI=1S/C25H39N3O7/c1-15(2)19(22(30)28-20(16(3)4)23(31)32)27-21(29)18(26-24(33)35-25(5,6)7)14-34-13-17-11-9-8-10-12-17/h8-12,15-16,18-20H,13-14H2,1-7H3,(H,26,33)(H,27,29)(H,28,30)(H,31,32)/t18-,19-,20-/m0/s1. The van der Waals surface area contributed by atoms with Crippen molar-refractivity contribution in [2.45, 2.75) is 78.8 Å². The monoisotopic (exact) mass is 493 g/mol. The van der Waals surface area contributed by atoms with E-state index in [1.807, 2.05) is 30.3 Å². The second-order valence-electron chi connectivity index (χ2n) is 10.00. The van der Waals surface area contributed by atoms with Gasteiger partial charge in [0.2, 0.25) is 11.8 Å². The molecule has 1 aromatic carbocycles. The molecule has 1 aromatic rings. The second kappa shape index (κ2) is 13.7. The third kappa shape index (κ3) is 11.2. The molecule has 0 aliphatic heterocycles. The highest BCUT2D eigenvalue weighted by Crippen LogP contribution is 2.09. The fourth-order valence-corrected chi connectivity index (χ4v) is 3.05. The van der Waals surface area contributed by atoms with Gasteiger partial charge in [0.15, 0.2) is 0 Å².